The summed E-state index contributed by atoms with van der Waals surface area (Å²) in [6.07, 6.45) is 2.28. The lowest BCUT2D eigenvalue weighted by Crippen LogP contribution is -2.36. The van der Waals surface area contributed by atoms with Gasteiger partial charge in [-0.25, -0.2) is 4.98 Å². The summed E-state index contributed by atoms with van der Waals surface area (Å²) in [7, 11) is 0. The van der Waals surface area contributed by atoms with Crippen LogP contribution < -0.4 is 16.2 Å². The molecule has 0 saturated carbocycles. The Bertz CT molecular complexity index is 868. The number of anilines is 1. The molecule has 3 N–H and O–H groups in total. The number of H-pyrrole nitrogens is 1. The molecule has 0 spiro atoms. The number of carbonyl (C=O) groups is 2. The van der Waals surface area contributed by atoms with E-state index >= 15 is 0 Å². The highest BCUT2D eigenvalue weighted by molar-refractivity contribution is 6.39. The molecule has 0 unspecified atom stereocenters. The van der Waals surface area contributed by atoms with Crippen LogP contribution >= 0.6 is 0 Å². The molecule has 0 aliphatic rings. The summed E-state index contributed by atoms with van der Waals surface area (Å²) < 4.78 is 1.31. The Morgan fingerprint density at radius 3 is 2.58 bits per heavy atom. The van der Waals surface area contributed by atoms with Gasteiger partial charge in [0.15, 0.2) is 0 Å². The zero-order valence-electron chi connectivity index (χ0n) is 15.5. The van der Waals surface area contributed by atoms with Crippen molar-refractivity contribution in [3.8, 4) is 5.95 Å². The topological polar surface area (TPSA) is 122 Å². The highest BCUT2D eigenvalue weighted by Gasteiger charge is 2.18. The molecule has 2 aromatic rings. The van der Waals surface area contributed by atoms with Crippen LogP contribution in [0.2, 0.25) is 0 Å². The third-order valence-electron chi connectivity index (χ3n) is 3.86. The van der Waals surface area contributed by atoms with Gasteiger partial charge in [-0.05, 0) is 26.7 Å². The van der Waals surface area contributed by atoms with Crippen LogP contribution in [-0.4, -0.2) is 38.1 Å². The third kappa shape index (κ3) is 4.35. The number of hydrogen-bond acceptors (Lipinski definition) is 5. The lowest BCUT2D eigenvalue weighted by atomic mass is 10.2. The predicted molar refractivity (Wildman–Crippen MR) is 97.4 cm³/mol. The molecule has 0 fully saturated rings. The SMILES string of the molecule is CCCCNC(=O)C(=O)Nc1cc(C)nn1-c1nc(C)c(CC)c(=O)[nH]1. The average molecular weight is 360 g/mol. The molecule has 2 amide bonds. The van der Waals surface area contributed by atoms with Crippen LogP contribution in [0.5, 0.6) is 0 Å². The molecule has 2 rings (SSSR count). The number of rotatable bonds is 6. The van der Waals surface area contributed by atoms with Gasteiger partial charge in [0.2, 0.25) is 5.95 Å². The maximum atomic E-state index is 12.2. The van der Waals surface area contributed by atoms with Gasteiger partial charge < -0.3 is 10.6 Å². The Morgan fingerprint density at radius 2 is 1.96 bits per heavy atom. The standard InChI is InChI=1S/C17H24N6O3/c1-5-7-8-18-15(25)16(26)20-13-9-10(3)22-23(13)17-19-11(4)12(6-2)14(24)21-17/h9H,5-8H2,1-4H3,(H,18,25)(H,20,26)(H,19,21,24). The largest absolute Gasteiger partial charge is 0.348 e. The molecule has 9 heteroatoms. The summed E-state index contributed by atoms with van der Waals surface area (Å²) in [4.78, 5) is 43.1. The molecule has 9 nitrogen and oxygen atoms in total. The maximum absolute atomic E-state index is 12.2. The van der Waals surface area contributed by atoms with Gasteiger partial charge in [-0.1, -0.05) is 20.3 Å². The summed E-state index contributed by atoms with van der Waals surface area (Å²) in [5, 5.41) is 9.30. The van der Waals surface area contributed by atoms with E-state index in [-0.39, 0.29) is 17.3 Å². The predicted octanol–water partition coefficient (Wildman–Crippen LogP) is 0.990. The van der Waals surface area contributed by atoms with Crippen LogP contribution in [0.15, 0.2) is 10.9 Å². The number of nitrogens with one attached hydrogen (secondary N) is 3. The van der Waals surface area contributed by atoms with E-state index in [1.165, 1.54) is 4.68 Å². The van der Waals surface area contributed by atoms with Crippen LogP contribution in [0, 0.1) is 13.8 Å². The molecule has 140 valence electrons. The van der Waals surface area contributed by atoms with Crippen molar-refractivity contribution in [1.82, 2.24) is 25.1 Å². The van der Waals surface area contributed by atoms with Crippen molar-refractivity contribution in [1.29, 1.82) is 0 Å². The van der Waals surface area contributed by atoms with Crippen LogP contribution in [0.4, 0.5) is 5.82 Å². The van der Waals surface area contributed by atoms with Crippen molar-refractivity contribution >= 4 is 17.6 Å². The molecule has 0 saturated heterocycles. The Kier molecular flexibility index (Phi) is 6.26. The fourth-order valence-corrected chi connectivity index (χ4v) is 2.49. The van der Waals surface area contributed by atoms with E-state index in [0.717, 1.165) is 12.8 Å². The van der Waals surface area contributed by atoms with E-state index < -0.39 is 11.8 Å². The van der Waals surface area contributed by atoms with E-state index in [1.54, 1.807) is 19.9 Å². The molecule has 26 heavy (non-hydrogen) atoms. The van der Waals surface area contributed by atoms with E-state index in [9.17, 15) is 14.4 Å². The summed E-state index contributed by atoms with van der Waals surface area (Å²) >= 11 is 0. The molecular formula is C17H24N6O3. The minimum atomic E-state index is -0.800. The van der Waals surface area contributed by atoms with Gasteiger partial charge in [0.05, 0.1) is 5.69 Å². The van der Waals surface area contributed by atoms with Gasteiger partial charge in [0, 0.05) is 23.9 Å². The van der Waals surface area contributed by atoms with Gasteiger partial charge in [-0.2, -0.15) is 9.78 Å². The maximum Gasteiger partial charge on any atom is 0.314 e. The summed E-state index contributed by atoms with van der Waals surface area (Å²) in [5.41, 5.74) is 1.54. The molecule has 0 aromatic carbocycles. The second-order valence-corrected chi connectivity index (χ2v) is 5.95. The zero-order valence-corrected chi connectivity index (χ0v) is 15.5. The van der Waals surface area contributed by atoms with Crippen molar-refractivity contribution in [2.75, 3.05) is 11.9 Å². The number of amides is 2. The number of nitrogens with zero attached hydrogens (tertiary/aromatic N) is 3. The Hall–Kier alpha value is -2.97. The zero-order chi connectivity index (χ0) is 19.3. The van der Waals surface area contributed by atoms with Gasteiger partial charge in [-0.3, -0.25) is 19.4 Å². The fraction of sp³-hybridized carbons (Fsp3) is 0.471. The van der Waals surface area contributed by atoms with E-state index in [2.05, 4.69) is 25.7 Å². The quantitative estimate of drug-likeness (QED) is 0.524. The van der Waals surface area contributed by atoms with Gasteiger partial charge in [0.25, 0.3) is 5.56 Å². The highest BCUT2D eigenvalue weighted by atomic mass is 16.2. The van der Waals surface area contributed by atoms with Crippen molar-refractivity contribution < 1.29 is 9.59 Å². The number of hydrogen-bond donors (Lipinski definition) is 3. The van der Waals surface area contributed by atoms with Crippen LogP contribution in [0.1, 0.15) is 43.6 Å². The van der Waals surface area contributed by atoms with E-state index in [0.29, 0.717) is 29.9 Å². The van der Waals surface area contributed by atoms with Crippen molar-refractivity contribution in [3.05, 3.63) is 33.4 Å². The summed E-state index contributed by atoms with van der Waals surface area (Å²) in [5.74, 6) is -1.08. The molecule has 2 aromatic heterocycles. The first kappa shape index (κ1) is 19.4. The lowest BCUT2D eigenvalue weighted by molar-refractivity contribution is -0.136. The molecule has 0 radical (unpaired) electrons. The third-order valence-corrected chi connectivity index (χ3v) is 3.86. The van der Waals surface area contributed by atoms with Crippen LogP contribution in [0.25, 0.3) is 5.95 Å². The van der Waals surface area contributed by atoms with E-state index in [4.69, 9.17) is 0 Å². The second kappa shape index (κ2) is 8.41. The number of carbonyl (C=O) groups excluding carboxylic acids is 2. The molecule has 2 heterocycles. The Balaban J connectivity index is 2.27. The van der Waals surface area contributed by atoms with Crippen molar-refractivity contribution in [2.45, 2.75) is 47.0 Å². The van der Waals surface area contributed by atoms with Gasteiger partial charge in [0.1, 0.15) is 5.82 Å². The van der Waals surface area contributed by atoms with Crippen LogP contribution in [0.3, 0.4) is 0 Å². The van der Waals surface area contributed by atoms with Gasteiger partial charge in [-0.15, -0.1) is 0 Å². The number of unbranched alkanes of at least 4 members (excludes halogenated alkanes) is 1. The van der Waals surface area contributed by atoms with Gasteiger partial charge >= 0.3 is 11.8 Å². The molecule has 0 bridgehead atoms. The smallest absolute Gasteiger partial charge is 0.314 e. The monoisotopic (exact) mass is 360 g/mol. The van der Waals surface area contributed by atoms with E-state index in [1.807, 2.05) is 13.8 Å². The summed E-state index contributed by atoms with van der Waals surface area (Å²) in [6.45, 7) is 7.78. The minimum Gasteiger partial charge on any atom is -0.348 e. The molecule has 0 aliphatic heterocycles. The van der Waals surface area contributed by atoms with Crippen molar-refractivity contribution in [2.24, 2.45) is 0 Å². The fourth-order valence-electron chi connectivity index (χ4n) is 2.49. The number of aryl methyl sites for hydroxylation is 2. The minimum absolute atomic E-state index is 0.180. The number of aromatic amines is 1. The first-order chi connectivity index (χ1) is 12.4. The lowest BCUT2D eigenvalue weighted by Gasteiger charge is -2.10. The summed E-state index contributed by atoms with van der Waals surface area (Å²) in [6, 6.07) is 1.60. The molecule has 0 aliphatic carbocycles. The normalized spacial score (nSPS) is 10.6. The van der Waals surface area contributed by atoms with Crippen molar-refractivity contribution in [3.63, 3.8) is 0 Å². The Morgan fingerprint density at radius 1 is 1.23 bits per heavy atom. The average Bonchev–Trinajstić information content (AvgIpc) is 2.95. The Labute approximate surface area is 151 Å². The highest BCUT2D eigenvalue weighted by Crippen LogP contribution is 2.14. The molecule has 0 atom stereocenters. The second-order valence-electron chi connectivity index (χ2n) is 5.95. The number of aromatic nitrogens is 4. The first-order valence-electron chi connectivity index (χ1n) is 8.63. The van der Waals surface area contributed by atoms with Crippen LogP contribution in [-0.2, 0) is 16.0 Å². The first-order valence-corrected chi connectivity index (χ1v) is 8.63. The molecular weight excluding hydrogens is 336 g/mol.